The molecular weight excluding hydrogens is 244 g/mol. The van der Waals surface area contributed by atoms with Gasteiger partial charge in [0, 0.05) is 6.42 Å². The molecule has 1 aromatic carbocycles. The van der Waals surface area contributed by atoms with Gasteiger partial charge in [0.25, 0.3) is 6.01 Å². The fraction of sp³-hybridized carbons (Fsp3) is 0.357. The highest BCUT2D eigenvalue weighted by atomic mass is 16.6. The van der Waals surface area contributed by atoms with Crippen molar-refractivity contribution in [3.63, 3.8) is 0 Å². The SMILES string of the molecule is Cc1nc(N)oc1CCc1ccc2c(c1)OCCO2. The van der Waals surface area contributed by atoms with Gasteiger partial charge >= 0.3 is 0 Å². The van der Waals surface area contributed by atoms with Crippen molar-refractivity contribution in [1.82, 2.24) is 4.98 Å². The minimum absolute atomic E-state index is 0.231. The first-order valence-electron chi connectivity index (χ1n) is 6.32. The summed E-state index contributed by atoms with van der Waals surface area (Å²) in [4.78, 5) is 4.06. The van der Waals surface area contributed by atoms with Crippen LogP contribution in [0.2, 0.25) is 0 Å². The largest absolute Gasteiger partial charge is 0.486 e. The lowest BCUT2D eigenvalue weighted by Crippen LogP contribution is -2.15. The number of nitrogens with two attached hydrogens (primary N) is 1. The van der Waals surface area contributed by atoms with Crippen LogP contribution in [0.3, 0.4) is 0 Å². The van der Waals surface area contributed by atoms with Crippen LogP contribution in [0.4, 0.5) is 6.01 Å². The van der Waals surface area contributed by atoms with Crippen LogP contribution in [0.5, 0.6) is 11.5 Å². The molecule has 0 fully saturated rings. The number of hydrogen-bond acceptors (Lipinski definition) is 5. The molecule has 2 heterocycles. The molecule has 100 valence electrons. The fourth-order valence-electron chi connectivity index (χ4n) is 2.18. The van der Waals surface area contributed by atoms with Gasteiger partial charge < -0.3 is 19.6 Å². The minimum Gasteiger partial charge on any atom is -0.486 e. The highest BCUT2D eigenvalue weighted by Gasteiger charge is 2.12. The Morgan fingerprint density at radius 3 is 2.68 bits per heavy atom. The molecule has 5 nitrogen and oxygen atoms in total. The van der Waals surface area contributed by atoms with E-state index in [2.05, 4.69) is 4.98 Å². The third-order valence-electron chi connectivity index (χ3n) is 3.16. The van der Waals surface area contributed by atoms with E-state index < -0.39 is 0 Å². The van der Waals surface area contributed by atoms with Gasteiger partial charge in [0.05, 0.1) is 5.69 Å². The zero-order valence-corrected chi connectivity index (χ0v) is 10.8. The average Bonchev–Trinajstić information content (AvgIpc) is 2.74. The van der Waals surface area contributed by atoms with Crippen molar-refractivity contribution in [2.45, 2.75) is 19.8 Å². The molecule has 0 unspecified atom stereocenters. The summed E-state index contributed by atoms with van der Waals surface area (Å²) in [5.74, 6) is 2.47. The summed E-state index contributed by atoms with van der Waals surface area (Å²) in [6.07, 6.45) is 1.63. The summed E-state index contributed by atoms with van der Waals surface area (Å²) in [5.41, 5.74) is 7.56. The molecule has 0 radical (unpaired) electrons. The summed E-state index contributed by atoms with van der Waals surface area (Å²) in [6.45, 7) is 3.12. The molecular formula is C14H16N2O3. The van der Waals surface area contributed by atoms with E-state index in [9.17, 15) is 0 Å². The van der Waals surface area contributed by atoms with E-state index in [-0.39, 0.29) is 6.01 Å². The molecule has 2 N–H and O–H groups in total. The molecule has 0 saturated heterocycles. The topological polar surface area (TPSA) is 70.5 Å². The summed E-state index contributed by atoms with van der Waals surface area (Å²) in [6, 6.07) is 6.24. The van der Waals surface area contributed by atoms with E-state index in [0.717, 1.165) is 35.8 Å². The molecule has 5 heteroatoms. The number of fused-ring (bicyclic) bond motifs is 1. The number of aryl methyl sites for hydroxylation is 3. The van der Waals surface area contributed by atoms with E-state index in [4.69, 9.17) is 19.6 Å². The number of ether oxygens (including phenoxy) is 2. The van der Waals surface area contributed by atoms with E-state index in [1.165, 1.54) is 5.56 Å². The maximum Gasteiger partial charge on any atom is 0.292 e. The first-order chi connectivity index (χ1) is 9.22. The zero-order valence-electron chi connectivity index (χ0n) is 10.8. The number of aromatic nitrogens is 1. The second-order valence-electron chi connectivity index (χ2n) is 4.54. The number of nitrogens with zero attached hydrogens (tertiary/aromatic N) is 1. The van der Waals surface area contributed by atoms with Gasteiger partial charge in [-0.05, 0) is 31.0 Å². The van der Waals surface area contributed by atoms with Crippen molar-refractivity contribution in [3.05, 3.63) is 35.2 Å². The van der Waals surface area contributed by atoms with Crippen LogP contribution in [-0.2, 0) is 12.8 Å². The molecule has 2 aromatic rings. The lowest BCUT2D eigenvalue weighted by atomic mass is 10.1. The molecule has 0 aliphatic carbocycles. The minimum atomic E-state index is 0.231. The number of benzene rings is 1. The molecule has 1 aromatic heterocycles. The molecule has 1 aliphatic heterocycles. The third kappa shape index (κ3) is 2.50. The van der Waals surface area contributed by atoms with Crippen LogP contribution in [0, 0.1) is 6.92 Å². The molecule has 0 saturated carbocycles. The Labute approximate surface area is 111 Å². The number of rotatable bonds is 3. The molecule has 19 heavy (non-hydrogen) atoms. The van der Waals surface area contributed by atoms with Gasteiger partial charge in [-0.3, -0.25) is 0 Å². The zero-order chi connectivity index (χ0) is 13.2. The van der Waals surface area contributed by atoms with Crippen LogP contribution >= 0.6 is 0 Å². The fourth-order valence-corrected chi connectivity index (χ4v) is 2.18. The summed E-state index contributed by atoms with van der Waals surface area (Å²) >= 11 is 0. The second kappa shape index (κ2) is 4.84. The Bertz CT molecular complexity index is 592. The maximum absolute atomic E-state index is 5.56. The lowest BCUT2D eigenvalue weighted by Gasteiger charge is -2.18. The third-order valence-corrected chi connectivity index (χ3v) is 3.16. The monoisotopic (exact) mass is 260 g/mol. The van der Waals surface area contributed by atoms with Crippen molar-refractivity contribution in [1.29, 1.82) is 0 Å². The van der Waals surface area contributed by atoms with Crippen molar-refractivity contribution in [3.8, 4) is 11.5 Å². The molecule has 0 bridgehead atoms. The lowest BCUT2D eigenvalue weighted by molar-refractivity contribution is 0.171. The Kier molecular flexibility index (Phi) is 3.03. The van der Waals surface area contributed by atoms with Gasteiger partial charge in [-0.2, -0.15) is 4.98 Å². The molecule has 1 aliphatic rings. The number of nitrogen functional groups attached to an aromatic ring is 1. The predicted molar refractivity (Wildman–Crippen MR) is 70.5 cm³/mol. The van der Waals surface area contributed by atoms with Crippen LogP contribution in [0.1, 0.15) is 17.0 Å². The molecule has 0 amide bonds. The van der Waals surface area contributed by atoms with E-state index in [1.807, 2.05) is 25.1 Å². The van der Waals surface area contributed by atoms with Crippen molar-refractivity contribution >= 4 is 6.01 Å². The molecule has 0 spiro atoms. The first kappa shape index (κ1) is 11.9. The van der Waals surface area contributed by atoms with Crippen molar-refractivity contribution in [2.24, 2.45) is 0 Å². The maximum atomic E-state index is 5.56. The molecule has 3 rings (SSSR count). The first-order valence-corrected chi connectivity index (χ1v) is 6.32. The predicted octanol–water partition coefficient (Wildman–Crippen LogP) is 2.12. The van der Waals surface area contributed by atoms with Gasteiger partial charge in [0.2, 0.25) is 0 Å². The van der Waals surface area contributed by atoms with Crippen LogP contribution < -0.4 is 15.2 Å². The Morgan fingerprint density at radius 1 is 1.16 bits per heavy atom. The smallest absolute Gasteiger partial charge is 0.292 e. The van der Waals surface area contributed by atoms with E-state index in [1.54, 1.807) is 0 Å². The van der Waals surface area contributed by atoms with E-state index >= 15 is 0 Å². The normalized spacial score (nSPS) is 13.5. The van der Waals surface area contributed by atoms with Gasteiger partial charge in [-0.25, -0.2) is 0 Å². The summed E-state index contributed by atoms with van der Waals surface area (Å²) < 4.78 is 16.4. The Hall–Kier alpha value is -2.17. The highest BCUT2D eigenvalue weighted by molar-refractivity contribution is 5.44. The Balaban J connectivity index is 1.71. The highest BCUT2D eigenvalue weighted by Crippen LogP contribution is 2.31. The number of hydrogen-bond donors (Lipinski definition) is 1. The van der Waals surface area contributed by atoms with Gasteiger partial charge in [0.15, 0.2) is 11.5 Å². The van der Waals surface area contributed by atoms with Crippen LogP contribution in [0.15, 0.2) is 22.6 Å². The standard InChI is InChI=1S/C14H16N2O3/c1-9-11(19-14(15)16-9)4-2-10-3-5-12-13(8-10)18-7-6-17-12/h3,5,8H,2,4,6-7H2,1H3,(H2,15,16). The Morgan fingerprint density at radius 2 is 1.95 bits per heavy atom. The second-order valence-corrected chi connectivity index (χ2v) is 4.54. The summed E-state index contributed by atoms with van der Waals surface area (Å²) in [7, 11) is 0. The van der Waals surface area contributed by atoms with Crippen molar-refractivity contribution in [2.75, 3.05) is 18.9 Å². The average molecular weight is 260 g/mol. The van der Waals surface area contributed by atoms with Crippen LogP contribution in [-0.4, -0.2) is 18.2 Å². The van der Waals surface area contributed by atoms with Crippen molar-refractivity contribution < 1.29 is 13.9 Å². The summed E-state index contributed by atoms with van der Waals surface area (Å²) in [5, 5.41) is 0. The molecule has 0 atom stereocenters. The quantitative estimate of drug-likeness (QED) is 0.915. The van der Waals surface area contributed by atoms with Crippen LogP contribution in [0.25, 0.3) is 0 Å². The van der Waals surface area contributed by atoms with Gasteiger partial charge in [0.1, 0.15) is 19.0 Å². The number of oxazole rings is 1. The van der Waals surface area contributed by atoms with Gasteiger partial charge in [-0.1, -0.05) is 6.07 Å². The van der Waals surface area contributed by atoms with E-state index in [0.29, 0.717) is 13.2 Å². The van der Waals surface area contributed by atoms with Gasteiger partial charge in [-0.15, -0.1) is 0 Å². The number of anilines is 1.